The van der Waals surface area contributed by atoms with Gasteiger partial charge in [-0.15, -0.1) is 21.5 Å². The van der Waals surface area contributed by atoms with Crippen LogP contribution in [0.25, 0.3) is 10.8 Å². The molecule has 0 N–H and O–H groups in total. The van der Waals surface area contributed by atoms with Crippen molar-refractivity contribution in [2.75, 3.05) is 4.90 Å². The third kappa shape index (κ3) is 3.39. The predicted octanol–water partition coefficient (Wildman–Crippen LogP) is 4.03. The normalized spacial score (nSPS) is 16.3. The highest BCUT2D eigenvalue weighted by atomic mass is 32.1. The van der Waals surface area contributed by atoms with E-state index in [-0.39, 0.29) is 18.3 Å². The Kier molecular flexibility index (Phi) is 4.66. The Balaban J connectivity index is 1.64. The van der Waals surface area contributed by atoms with E-state index in [0.717, 1.165) is 24.1 Å². The van der Waals surface area contributed by atoms with Crippen molar-refractivity contribution in [1.82, 2.24) is 20.2 Å². The SMILES string of the molecule is CC1(C)CCc2ccncc2N(Cc2ncc(-c3nnc(C(F)F)o3)s2)C1=O. The highest BCUT2D eigenvalue weighted by molar-refractivity contribution is 7.15. The van der Waals surface area contributed by atoms with Gasteiger partial charge in [0.1, 0.15) is 9.88 Å². The van der Waals surface area contributed by atoms with Gasteiger partial charge in [0.05, 0.1) is 24.6 Å². The first kappa shape index (κ1) is 18.6. The quantitative estimate of drug-likeness (QED) is 0.651. The molecule has 0 fully saturated rings. The van der Waals surface area contributed by atoms with E-state index in [9.17, 15) is 13.6 Å². The molecule has 146 valence electrons. The number of fused-ring (bicyclic) bond motifs is 1. The Bertz CT molecular complexity index is 1020. The van der Waals surface area contributed by atoms with Crippen LogP contribution in [0, 0.1) is 5.41 Å². The number of hydrogen-bond acceptors (Lipinski definition) is 7. The molecule has 4 rings (SSSR count). The third-order valence-electron chi connectivity index (χ3n) is 4.71. The molecular formula is C18H17F2N5O2S. The van der Waals surface area contributed by atoms with Gasteiger partial charge in [0.2, 0.25) is 5.91 Å². The Hall–Kier alpha value is -2.75. The second kappa shape index (κ2) is 7.01. The van der Waals surface area contributed by atoms with Gasteiger partial charge in [0.15, 0.2) is 0 Å². The number of amides is 1. The molecule has 10 heteroatoms. The van der Waals surface area contributed by atoms with Crippen LogP contribution in [-0.4, -0.2) is 26.1 Å². The van der Waals surface area contributed by atoms with Gasteiger partial charge >= 0.3 is 6.43 Å². The Labute approximate surface area is 163 Å². The van der Waals surface area contributed by atoms with E-state index in [4.69, 9.17) is 4.42 Å². The Morgan fingerprint density at radius 1 is 1.32 bits per heavy atom. The first-order valence-electron chi connectivity index (χ1n) is 8.66. The Morgan fingerprint density at radius 2 is 2.14 bits per heavy atom. The smallest absolute Gasteiger partial charge is 0.314 e. The molecule has 0 aliphatic carbocycles. The predicted molar refractivity (Wildman–Crippen MR) is 97.9 cm³/mol. The summed E-state index contributed by atoms with van der Waals surface area (Å²) in [6.07, 6.45) is 3.60. The van der Waals surface area contributed by atoms with Crippen LogP contribution in [0.3, 0.4) is 0 Å². The minimum Gasteiger partial charge on any atom is -0.414 e. The highest BCUT2D eigenvalue weighted by Gasteiger charge is 2.36. The van der Waals surface area contributed by atoms with Crippen molar-refractivity contribution < 1.29 is 18.0 Å². The molecule has 1 amide bonds. The van der Waals surface area contributed by atoms with Crippen molar-refractivity contribution in [1.29, 1.82) is 0 Å². The number of hydrogen-bond donors (Lipinski definition) is 0. The number of carbonyl (C=O) groups excluding carboxylic acids is 1. The van der Waals surface area contributed by atoms with Crippen LogP contribution in [0.1, 0.15) is 43.2 Å². The van der Waals surface area contributed by atoms with Gasteiger partial charge in [-0.1, -0.05) is 13.8 Å². The van der Waals surface area contributed by atoms with Crippen molar-refractivity contribution >= 4 is 22.9 Å². The Morgan fingerprint density at radius 3 is 2.89 bits per heavy atom. The summed E-state index contributed by atoms with van der Waals surface area (Å²) >= 11 is 1.22. The summed E-state index contributed by atoms with van der Waals surface area (Å²) in [6.45, 7) is 4.11. The van der Waals surface area contributed by atoms with Crippen LogP contribution in [0.4, 0.5) is 14.5 Å². The van der Waals surface area contributed by atoms with E-state index in [1.807, 2.05) is 19.9 Å². The number of aryl methyl sites for hydroxylation is 1. The van der Waals surface area contributed by atoms with Crippen LogP contribution in [0.15, 0.2) is 29.1 Å². The molecule has 0 spiro atoms. The topological polar surface area (TPSA) is 85.0 Å². The van der Waals surface area contributed by atoms with Crippen LogP contribution >= 0.6 is 11.3 Å². The average Bonchev–Trinajstić information content (AvgIpc) is 3.32. The van der Waals surface area contributed by atoms with Gasteiger partial charge in [0.25, 0.3) is 11.8 Å². The maximum absolute atomic E-state index is 13.1. The second-order valence-electron chi connectivity index (χ2n) is 7.14. The summed E-state index contributed by atoms with van der Waals surface area (Å²) in [6, 6.07) is 1.93. The zero-order valence-electron chi connectivity index (χ0n) is 15.2. The van der Waals surface area contributed by atoms with E-state index in [0.29, 0.717) is 9.88 Å². The largest absolute Gasteiger partial charge is 0.414 e. The van der Waals surface area contributed by atoms with Crippen molar-refractivity contribution in [2.24, 2.45) is 5.41 Å². The van der Waals surface area contributed by atoms with Crippen molar-refractivity contribution in [2.45, 2.75) is 39.7 Å². The number of aromatic nitrogens is 4. The average molecular weight is 405 g/mol. The summed E-state index contributed by atoms with van der Waals surface area (Å²) < 4.78 is 30.3. The van der Waals surface area contributed by atoms with Crippen LogP contribution in [0.5, 0.6) is 0 Å². The fraction of sp³-hybridized carbons (Fsp3) is 0.389. The maximum Gasteiger partial charge on any atom is 0.314 e. The van der Waals surface area contributed by atoms with E-state index >= 15 is 0 Å². The van der Waals surface area contributed by atoms with E-state index in [1.165, 1.54) is 17.5 Å². The lowest BCUT2D eigenvalue weighted by Crippen LogP contribution is -2.39. The number of carbonyl (C=O) groups is 1. The second-order valence-corrected chi connectivity index (χ2v) is 8.26. The molecule has 3 aromatic rings. The van der Waals surface area contributed by atoms with Crippen LogP contribution < -0.4 is 4.90 Å². The summed E-state index contributed by atoms with van der Waals surface area (Å²) in [5.41, 5.74) is 1.31. The monoisotopic (exact) mass is 405 g/mol. The molecule has 0 radical (unpaired) electrons. The summed E-state index contributed by atoms with van der Waals surface area (Å²) in [5, 5.41) is 7.60. The van der Waals surface area contributed by atoms with Gasteiger partial charge in [-0.2, -0.15) is 8.78 Å². The van der Waals surface area contributed by atoms with Gasteiger partial charge in [-0.25, -0.2) is 4.98 Å². The lowest BCUT2D eigenvalue weighted by molar-refractivity contribution is -0.126. The zero-order chi connectivity index (χ0) is 19.9. The van der Waals surface area contributed by atoms with Crippen LogP contribution in [-0.2, 0) is 17.8 Å². The molecule has 0 saturated heterocycles. The minimum absolute atomic E-state index is 0.00576. The van der Waals surface area contributed by atoms with Crippen LogP contribution in [0.2, 0.25) is 0 Å². The molecule has 4 heterocycles. The number of nitrogens with zero attached hydrogens (tertiary/aromatic N) is 5. The summed E-state index contributed by atoms with van der Waals surface area (Å²) in [5.74, 6) is -0.744. The summed E-state index contributed by atoms with van der Waals surface area (Å²) in [4.78, 5) is 23.8. The molecule has 3 aromatic heterocycles. The van der Waals surface area contributed by atoms with Gasteiger partial charge in [-0.3, -0.25) is 9.78 Å². The molecule has 0 aromatic carbocycles. The first-order chi connectivity index (χ1) is 13.3. The number of anilines is 1. The lowest BCUT2D eigenvalue weighted by Gasteiger charge is -2.28. The number of rotatable bonds is 4. The molecule has 1 aliphatic heterocycles. The van der Waals surface area contributed by atoms with Crippen molar-refractivity contribution in [3.63, 3.8) is 0 Å². The zero-order valence-corrected chi connectivity index (χ0v) is 16.0. The number of thiazole rings is 1. The van der Waals surface area contributed by atoms with Gasteiger partial charge in [-0.05, 0) is 24.5 Å². The maximum atomic E-state index is 13.1. The molecule has 28 heavy (non-hydrogen) atoms. The van der Waals surface area contributed by atoms with Gasteiger partial charge in [0, 0.05) is 11.6 Å². The summed E-state index contributed by atoms with van der Waals surface area (Å²) in [7, 11) is 0. The number of alkyl halides is 2. The standard InChI is InChI=1S/C18H17F2N5O2S/c1-18(2)5-3-10-4-6-21-7-11(10)25(17(18)26)9-13-22-8-12(28-13)15-23-24-16(27-15)14(19)20/h4,6-8,14H,3,5,9H2,1-2H3. The molecule has 1 aliphatic rings. The number of pyridine rings is 1. The van der Waals surface area contributed by atoms with Gasteiger partial charge < -0.3 is 9.32 Å². The molecule has 7 nitrogen and oxygen atoms in total. The number of halogens is 2. The minimum atomic E-state index is -2.82. The molecule has 0 unspecified atom stereocenters. The third-order valence-corrected chi connectivity index (χ3v) is 5.68. The van der Waals surface area contributed by atoms with Crippen molar-refractivity contribution in [3.05, 3.63) is 41.1 Å². The molecule has 0 atom stereocenters. The highest BCUT2D eigenvalue weighted by Crippen LogP contribution is 2.37. The lowest BCUT2D eigenvalue weighted by atomic mass is 9.86. The first-order valence-corrected chi connectivity index (χ1v) is 9.48. The van der Waals surface area contributed by atoms with E-state index < -0.39 is 17.7 Å². The fourth-order valence-corrected chi connectivity index (χ4v) is 3.92. The molecule has 0 bridgehead atoms. The fourth-order valence-electron chi connectivity index (χ4n) is 3.10. The van der Waals surface area contributed by atoms with E-state index in [1.54, 1.807) is 17.3 Å². The molecular weight excluding hydrogens is 388 g/mol. The van der Waals surface area contributed by atoms with Crippen molar-refractivity contribution in [3.8, 4) is 10.8 Å². The van der Waals surface area contributed by atoms with E-state index in [2.05, 4.69) is 20.2 Å². The molecule has 0 saturated carbocycles.